The molecule has 1 aromatic heterocycles. The van der Waals surface area contributed by atoms with Gasteiger partial charge in [-0.05, 0) is 6.42 Å². The van der Waals surface area contributed by atoms with Crippen LogP contribution in [0.2, 0.25) is 0 Å². The highest BCUT2D eigenvalue weighted by Crippen LogP contribution is 2.25. The zero-order valence-electron chi connectivity index (χ0n) is 15.1. The number of hydrogen-bond acceptors (Lipinski definition) is 5. The van der Waals surface area contributed by atoms with E-state index in [1.54, 1.807) is 6.92 Å². The lowest BCUT2D eigenvalue weighted by Gasteiger charge is -2.17. The van der Waals surface area contributed by atoms with Crippen LogP contribution in [0.15, 0.2) is 10.6 Å². The standard InChI is InChI=1S/C17H24F2N3O4/c1-4-11(16(25)12-9-13(10(2)3)26-22-12)21-15(24)6-8-17(18,19)7-5-14(20)23/h6,9-11H,4-5,7-8H2,1-3H3,(H2,20,23)(H,21,24). The van der Waals surface area contributed by atoms with Crippen LogP contribution in [-0.2, 0) is 9.59 Å². The molecule has 1 unspecified atom stereocenters. The fraction of sp³-hybridized carbons (Fsp3) is 0.588. The summed E-state index contributed by atoms with van der Waals surface area (Å²) in [5.74, 6) is -4.72. The van der Waals surface area contributed by atoms with Gasteiger partial charge in [-0.3, -0.25) is 14.4 Å². The molecule has 145 valence electrons. The molecule has 0 spiro atoms. The molecule has 3 N–H and O–H groups in total. The Morgan fingerprint density at radius 2 is 2.04 bits per heavy atom. The van der Waals surface area contributed by atoms with E-state index in [0.29, 0.717) is 5.76 Å². The molecule has 0 aliphatic carbocycles. The minimum atomic E-state index is -3.23. The molecular weight excluding hydrogens is 348 g/mol. The van der Waals surface area contributed by atoms with Crippen molar-refractivity contribution in [1.29, 1.82) is 0 Å². The number of carbonyl (C=O) groups excluding carboxylic acids is 3. The molecular formula is C17H24F2N3O4. The van der Waals surface area contributed by atoms with E-state index in [4.69, 9.17) is 10.3 Å². The lowest BCUT2D eigenvalue weighted by molar-refractivity contribution is -0.120. The molecule has 1 radical (unpaired) electrons. The maximum atomic E-state index is 13.6. The van der Waals surface area contributed by atoms with Gasteiger partial charge in [0.25, 0.3) is 0 Å². The number of alkyl halides is 2. The lowest BCUT2D eigenvalue weighted by atomic mass is 10.0. The maximum Gasteiger partial charge on any atom is 0.249 e. The van der Waals surface area contributed by atoms with Crippen LogP contribution >= 0.6 is 0 Å². The highest BCUT2D eigenvalue weighted by molar-refractivity contribution is 6.01. The second-order valence-corrected chi connectivity index (χ2v) is 6.33. The fourth-order valence-electron chi connectivity index (χ4n) is 2.09. The van der Waals surface area contributed by atoms with Crippen molar-refractivity contribution < 1.29 is 27.7 Å². The Balaban J connectivity index is 2.59. The van der Waals surface area contributed by atoms with Crippen LogP contribution in [0.4, 0.5) is 8.78 Å². The molecule has 0 saturated heterocycles. The molecule has 1 aromatic rings. The first-order chi connectivity index (χ1) is 12.1. The number of primary amides is 1. The predicted molar refractivity (Wildman–Crippen MR) is 89.4 cm³/mol. The Morgan fingerprint density at radius 3 is 2.54 bits per heavy atom. The van der Waals surface area contributed by atoms with Gasteiger partial charge in [0, 0.05) is 31.2 Å². The maximum absolute atomic E-state index is 13.6. The van der Waals surface area contributed by atoms with Crippen molar-refractivity contribution in [1.82, 2.24) is 10.5 Å². The van der Waals surface area contributed by atoms with Crippen molar-refractivity contribution >= 4 is 17.6 Å². The number of aromatic nitrogens is 1. The van der Waals surface area contributed by atoms with Crippen LogP contribution in [-0.4, -0.2) is 34.7 Å². The summed E-state index contributed by atoms with van der Waals surface area (Å²) in [6.45, 7) is 5.43. The third kappa shape index (κ3) is 6.89. The Bertz CT molecular complexity index is 644. The second kappa shape index (κ2) is 9.40. The van der Waals surface area contributed by atoms with Crippen LogP contribution in [0, 0.1) is 6.42 Å². The number of nitrogens with one attached hydrogen (secondary N) is 1. The second-order valence-electron chi connectivity index (χ2n) is 6.33. The van der Waals surface area contributed by atoms with E-state index >= 15 is 0 Å². The molecule has 7 nitrogen and oxygen atoms in total. The number of halogens is 2. The minimum Gasteiger partial charge on any atom is -0.370 e. The number of hydrogen-bond donors (Lipinski definition) is 2. The smallest absolute Gasteiger partial charge is 0.249 e. The summed E-state index contributed by atoms with van der Waals surface area (Å²) in [7, 11) is 0. The van der Waals surface area contributed by atoms with Crippen molar-refractivity contribution in [2.75, 3.05) is 0 Å². The molecule has 0 aliphatic rings. The van der Waals surface area contributed by atoms with Crippen molar-refractivity contribution in [3.8, 4) is 0 Å². The Morgan fingerprint density at radius 1 is 1.38 bits per heavy atom. The molecule has 9 heteroatoms. The zero-order chi connectivity index (χ0) is 19.9. The fourth-order valence-corrected chi connectivity index (χ4v) is 2.09. The average Bonchev–Trinajstić information content (AvgIpc) is 3.06. The van der Waals surface area contributed by atoms with E-state index in [9.17, 15) is 23.2 Å². The molecule has 1 heterocycles. The number of Topliss-reactive ketones (excluding diaryl/α,β-unsaturated/α-hetero) is 1. The number of ketones is 1. The number of rotatable bonds is 11. The average molecular weight is 372 g/mol. The molecule has 2 amide bonds. The molecule has 0 aliphatic heterocycles. The van der Waals surface area contributed by atoms with Crippen LogP contribution < -0.4 is 11.1 Å². The van der Waals surface area contributed by atoms with Gasteiger partial charge >= 0.3 is 0 Å². The summed E-state index contributed by atoms with van der Waals surface area (Å²) in [6, 6.07) is 0.604. The van der Waals surface area contributed by atoms with E-state index in [0.717, 1.165) is 6.42 Å². The van der Waals surface area contributed by atoms with E-state index in [1.807, 2.05) is 13.8 Å². The number of nitrogens with two attached hydrogens (primary N) is 1. The number of carbonyl (C=O) groups is 3. The topological polar surface area (TPSA) is 115 Å². The third-order valence-corrected chi connectivity index (χ3v) is 3.71. The normalized spacial score (nSPS) is 12.8. The Hall–Kier alpha value is -2.32. The van der Waals surface area contributed by atoms with Crippen LogP contribution in [0.3, 0.4) is 0 Å². The van der Waals surface area contributed by atoms with Crippen molar-refractivity contribution in [2.45, 2.75) is 64.3 Å². The van der Waals surface area contributed by atoms with Gasteiger partial charge in [-0.1, -0.05) is 25.9 Å². The van der Waals surface area contributed by atoms with Gasteiger partial charge in [-0.25, -0.2) is 8.78 Å². The summed E-state index contributed by atoms with van der Waals surface area (Å²) in [4.78, 5) is 34.8. The predicted octanol–water partition coefficient (Wildman–Crippen LogP) is 2.37. The summed E-state index contributed by atoms with van der Waals surface area (Å²) in [5, 5.41) is 6.08. The molecule has 1 rings (SSSR count). The van der Waals surface area contributed by atoms with Gasteiger partial charge in [0.2, 0.25) is 23.5 Å². The SMILES string of the molecule is CCC(NC(=O)[CH]CC(F)(F)CCC(N)=O)C(=O)c1cc(C(C)C)on1. The van der Waals surface area contributed by atoms with E-state index in [1.165, 1.54) is 6.07 Å². The van der Waals surface area contributed by atoms with E-state index in [-0.39, 0.29) is 18.0 Å². The molecule has 0 saturated carbocycles. The summed E-state index contributed by atoms with van der Waals surface area (Å²) in [5.41, 5.74) is 4.91. The van der Waals surface area contributed by atoms with Gasteiger partial charge in [0.05, 0.1) is 12.5 Å². The molecule has 0 bridgehead atoms. The van der Waals surface area contributed by atoms with Crippen LogP contribution in [0.5, 0.6) is 0 Å². The molecule has 1 atom stereocenters. The quantitative estimate of drug-likeness (QED) is 0.579. The highest BCUT2D eigenvalue weighted by Gasteiger charge is 2.31. The van der Waals surface area contributed by atoms with E-state index < -0.39 is 48.8 Å². The van der Waals surface area contributed by atoms with Crippen molar-refractivity contribution in [3.63, 3.8) is 0 Å². The van der Waals surface area contributed by atoms with Gasteiger partial charge in [-0.15, -0.1) is 0 Å². The number of amides is 2. The van der Waals surface area contributed by atoms with Gasteiger partial charge in [0.1, 0.15) is 5.76 Å². The monoisotopic (exact) mass is 372 g/mol. The van der Waals surface area contributed by atoms with Crippen molar-refractivity contribution in [3.05, 3.63) is 23.9 Å². The first-order valence-electron chi connectivity index (χ1n) is 8.36. The summed E-state index contributed by atoms with van der Waals surface area (Å²) in [6.07, 6.45) is -1.03. The van der Waals surface area contributed by atoms with E-state index in [2.05, 4.69) is 10.5 Å². The van der Waals surface area contributed by atoms with Crippen LogP contribution in [0.25, 0.3) is 0 Å². The van der Waals surface area contributed by atoms with Gasteiger partial charge in [0.15, 0.2) is 5.69 Å². The molecule has 0 fully saturated rings. The van der Waals surface area contributed by atoms with Gasteiger partial charge in [-0.2, -0.15) is 0 Å². The first-order valence-corrected chi connectivity index (χ1v) is 8.36. The Kier molecular flexibility index (Phi) is 7.85. The molecule has 0 aromatic carbocycles. The lowest BCUT2D eigenvalue weighted by Crippen LogP contribution is -2.41. The Labute approximate surface area is 150 Å². The molecule has 26 heavy (non-hydrogen) atoms. The summed E-state index contributed by atoms with van der Waals surface area (Å²) < 4.78 is 32.2. The third-order valence-electron chi connectivity index (χ3n) is 3.71. The highest BCUT2D eigenvalue weighted by atomic mass is 19.3. The number of nitrogens with zero attached hydrogens (tertiary/aromatic N) is 1. The minimum absolute atomic E-state index is 0.0506. The summed E-state index contributed by atoms with van der Waals surface area (Å²) >= 11 is 0. The zero-order valence-corrected chi connectivity index (χ0v) is 15.1. The van der Waals surface area contributed by atoms with Crippen LogP contribution in [0.1, 0.15) is 68.6 Å². The van der Waals surface area contributed by atoms with Crippen molar-refractivity contribution in [2.24, 2.45) is 5.73 Å². The van der Waals surface area contributed by atoms with Gasteiger partial charge < -0.3 is 15.6 Å². The largest absolute Gasteiger partial charge is 0.370 e. The first kappa shape index (κ1) is 21.7.